The van der Waals surface area contributed by atoms with Gasteiger partial charge in [-0.1, -0.05) is 12.5 Å². The van der Waals surface area contributed by atoms with Crippen LogP contribution in [0.2, 0.25) is 0 Å². The van der Waals surface area contributed by atoms with Crippen LogP contribution in [0.25, 0.3) is 6.08 Å². The zero-order valence-corrected chi connectivity index (χ0v) is 10.6. The van der Waals surface area contributed by atoms with E-state index in [4.69, 9.17) is 0 Å². The van der Waals surface area contributed by atoms with E-state index in [-0.39, 0.29) is 5.54 Å². The summed E-state index contributed by atoms with van der Waals surface area (Å²) in [5.41, 5.74) is 2.48. The number of hydrogen-bond donors (Lipinski definition) is 1. The number of aromatic nitrogens is 2. The molecule has 3 nitrogen and oxygen atoms in total. The zero-order valence-electron chi connectivity index (χ0n) is 10.6. The smallest absolute Gasteiger partial charge is 0.115 e. The first-order valence-electron chi connectivity index (χ1n) is 5.72. The second-order valence-electron chi connectivity index (χ2n) is 4.89. The lowest BCUT2D eigenvalue weighted by molar-refractivity contribution is 0.443. The maximum atomic E-state index is 4.20. The molecule has 0 saturated carbocycles. The summed E-state index contributed by atoms with van der Waals surface area (Å²) in [5.74, 6) is 0. The molecule has 0 radical (unpaired) electrons. The van der Waals surface area contributed by atoms with Gasteiger partial charge in [-0.2, -0.15) is 0 Å². The normalized spacial score (nSPS) is 12.9. The first kappa shape index (κ1) is 12.8. The van der Waals surface area contributed by atoms with Crippen molar-refractivity contribution in [2.24, 2.45) is 0 Å². The molecule has 1 aromatic heterocycles. The van der Waals surface area contributed by atoms with Gasteiger partial charge in [-0.3, -0.25) is 0 Å². The molecule has 0 aliphatic carbocycles. The second kappa shape index (κ2) is 5.75. The van der Waals surface area contributed by atoms with Crippen molar-refractivity contribution in [3.8, 4) is 0 Å². The van der Waals surface area contributed by atoms with E-state index in [1.807, 2.05) is 6.07 Å². The van der Waals surface area contributed by atoms with Crippen molar-refractivity contribution >= 4 is 6.08 Å². The van der Waals surface area contributed by atoms with Crippen LogP contribution in [0.5, 0.6) is 0 Å². The molecule has 1 N–H and O–H groups in total. The summed E-state index contributed by atoms with van der Waals surface area (Å²) in [7, 11) is 0. The van der Waals surface area contributed by atoms with E-state index in [1.54, 1.807) is 12.5 Å². The summed E-state index contributed by atoms with van der Waals surface area (Å²) in [4.78, 5) is 8.10. The van der Waals surface area contributed by atoms with E-state index in [9.17, 15) is 0 Å². The van der Waals surface area contributed by atoms with Gasteiger partial charge < -0.3 is 5.32 Å². The van der Waals surface area contributed by atoms with E-state index >= 15 is 0 Å². The van der Waals surface area contributed by atoms with Crippen molar-refractivity contribution in [3.05, 3.63) is 29.9 Å². The largest absolute Gasteiger partial charge is 0.308 e. The van der Waals surface area contributed by atoms with Crippen LogP contribution in [0.3, 0.4) is 0 Å². The highest BCUT2D eigenvalue weighted by Gasteiger charge is 2.08. The van der Waals surface area contributed by atoms with Crippen molar-refractivity contribution in [1.29, 1.82) is 0 Å². The van der Waals surface area contributed by atoms with Crippen LogP contribution < -0.4 is 5.32 Å². The maximum Gasteiger partial charge on any atom is 0.115 e. The topological polar surface area (TPSA) is 37.8 Å². The highest BCUT2D eigenvalue weighted by molar-refractivity contribution is 5.48. The summed E-state index contributed by atoms with van der Waals surface area (Å²) in [6.07, 6.45) is 6.51. The van der Waals surface area contributed by atoms with Crippen LogP contribution in [0.4, 0.5) is 0 Å². The lowest BCUT2D eigenvalue weighted by Gasteiger charge is -2.21. The van der Waals surface area contributed by atoms with Gasteiger partial charge in [-0.25, -0.2) is 9.97 Å². The summed E-state index contributed by atoms with van der Waals surface area (Å²) in [6.45, 7) is 9.59. The van der Waals surface area contributed by atoms with E-state index in [2.05, 4.69) is 49.1 Å². The summed E-state index contributed by atoms with van der Waals surface area (Å²) < 4.78 is 0. The Balaban J connectivity index is 2.64. The van der Waals surface area contributed by atoms with Gasteiger partial charge in [0.15, 0.2) is 0 Å². The molecular formula is C13H21N3. The van der Waals surface area contributed by atoms with Crippen molar-refractivity contribution < 1.29 is 0 Å². The molecule has 0 fully saturated rings. The third kappa shape index (κ3) is 5.03. The Labute approximate surface area is 98.0 Å². The molecule has 88 valence electrons. The summed E-state index contributed by atoms with van der Waals surface area (Å²) in [5, 5.41) is 3.48. The van der Waals surface area contributed by atoms with Gasteiger partial charge >= 0.3 is 0 Å². The van der Waals surface area contributed by atoms with Gasteiger partial charge in [0.2, 0.25) is 0 Å². The summed E-state index contributed by atoms with van der Waals surface area (Å²) >= 11 is 0. The Morgan fingerprint density at radius 1 is 1.44 bits per heavy atom. The monoisotopic (exact) mass is 219 g/mol. The predicted octanol–water partition coefficient (Wildman–Crippen LogP) is 2.66. The summed E-state index contributed by atoms with van der Waals surface area (Å²) in [6, 6.07) is 1.92. The first-order chi connectivity index (χ1) is 7.51. The van der Waals surface area contributed by atoms with Gasteiger partial charge in [0.05, 0.1) is 5.69 Å². The average Bonchev–Trinajstić information content (AvgIpc) is 2.24. The fourth-order valence-corrected chi connectivity index (χ4v) is 1.25. The van der Waals surface area contributed by atoms with Gasteiger partial charge in [-0.05, 0) is 39.3 Å². The average molecular weight is 219 g/mol. The van der Waals surface area contributed by atoms with Crippen LogP contribution in [0.15, 0.2) is 24.2 Å². The van der Waals surface area contributed by atoms with Crippen LogP contribution in [0.1, 0.15) is 39.8 Å². The predicted molar refractivity (Wildman–Crippen MR) is 68.1 cm³/mol. The standard InChI is InChI=1S/C13H21N3/c1-5-11(9-16-13(2,3)4)8-12-6-7-14-10-15-12/h6-8,10,16H,5,9H2,1-4H3. The molecule has 1 rings (SSSR count). The molecule has 1 heterocycles. The fourth-order valence-electron chi connectivity index (χ4n) is 1.25. The molecule has 0 bridgehead atoms. The second-order valence-corrected chi connectivity index (χ2v) is 4.89. The molecule has 0 aromatic carbocycles. The van der Waals surface area contributed by atoms with Crippen molar-refractivity contribution in [1.82, 2.24) is 15.3 Å². The molecule has 0 atom stereocenters. The van der Waals surface area contributed by atoms with Crippen molar-refractivity contribution in [3.63, 3.8) is 0 Å². The molecule has 0 spiro atoms. The Kier molecular flexibility index (Phi) is 4.62. The lowest BCUT2D eigenvalue weighted by atomic mass is 10.1. The minimum Gasteiger partial charge on any atom is -0.308 e. The van der Waals surface area contributed by atoms with Gasteiger partial charge in [0.25, 0.3) is 0 Å². The molecule has 0 saturated heterocycles. The maximum absolute atomic E-state index is 4.20. The lowest BCUT2D eigenvalue weighted by Crippen LogP contribution is -2.36. The van der Waals surface area contributed by atoms with Crippen LogP contribution in [-0.4, -0.2) is 22.1 Å². The van der Waals surface area contributed by atoms with Crippen LogP contribution >= 0.6 is 0 Å². The van der Waals surface area contributed by atoms with Crippen molar-refractivity contribution in [2.45, 2.75) is 39.7 Å². The highest BCUT2D eigenvalue weighted by Crippen LogP contribution is 2.08. The fraction of sp³-hybridized carbons (Fsp3) is 0.538. The molecule has 1 aromatic rings. The quantitative estimate of drug-likeness (QED) is 0.846. The Morgan fingerprint density at radius 2 is 2.19 bits per heavy atom. The van der Waals surface area contributed by atoms with E-state index in [0.29, 0.717) is 0 Å². The molecule has 3 heteroatoms. The Hall–Kier alpha value is -1.22. The first-order valence-corrected chi connectivity index (χ1v) is 5.72. The Bertz CT molecular complexity index is 336. The minimum atomic E-state index is 0.153. The third-order valence-electron chi connectivity index (χ3n) is 2.26. The number of nitrogens with one attached hydrogen (secondary N) is 1. The highest BCUT2D eigenvalue weighted by atomic mass is 14.9. The third-order valence-corrected chi connectivity index (χ3v) is 2.26. The number of nitrogens with zero attached hydrogens (tertiary/aromatic N) is 2. The molecule has 16 heavy (non-hydrogen) atoms. The molecule has 0 amide bonds. The van der Waals surface area contributed by atoms with Gasteiger partial charge in [0.1, 0.15) is 6.33 Å². The molecular weight excluding hydrogens is 198 g/mol. The van der Waals surface area contributed by atoms with Crippen LogP contribution in [0, 0.1) is 0 Å². The van der Waals surface area contributed by atoms with E-state index in [1.165, 1.54) is 5.57 Å². The number of hydrogen-bond acceptors (Lipinski definition) is 3. The van der Waals surface area contributed by atoms with Gasteiger partial charge in [-0.15, -0.1) is 0 Å². The molecule has 0 aliphatic rings. The van der Waals surface area contributed by atoms with E-state index < -0.39 is 0 Å². The van der Waals surface area contributed by atoms with Crippen molar-refractivity contribution in [2.75, 3.05) is 6.54 Å². The van der Waals surface area contributed by atoms with E-state index in [0.717, 1.165) is 18.7 Å². The number of rotatable bonds is 4. The van der Waals surface area contributed by atoms with Crippen LogP contribution in [-0.2, 0) is 0 Å². The minimum absolute atomic E-state index is 0.153. The zero-order chi connectivity index (χ0) is 12.0. The van der Waals surface area contributed by atoms with Gasteiger partial charge in [0, 0.05) is 18.3 Å². The molecule has 0 unspecified atom stereocenters. The SMILES string of the molecule is CCC(=Cc1ccncn1)CNC(C)(C)C. The molecule has 0 aliphatic heterocycles. The Morgan fingerprint density at radius 3 is 2.69 bits per heavy atom.